The molecule has 5 heteroatoms. The first-order chi connectivity index (χ1) is 9.11. The highest BCUT2D eigenvalue weighted by Gasteiger charge is 2.21. The highest BCUT2D eigenvalue weighted by atomic mass is 35.5. The van der Waals surface area contributed by atoms with E-state index in [0.29, 0.717) is 17.6 Å². The molecule has 0 amide bonds. The van der Waals surface area contributed by atoms with Crippen LogP contribution in [-0.2, 0) is 13.1 Å². The molecule has 0 spiro atoms. The van der Waals surface area contributed by atoms with E-state index in [-0.39, 0.29) is 0 Å². The summed E-state index contributed by atoms with van der Waals surface area (Å²) < 4.78 is 7.62. The van der Waals surface area contributed by atoms with Crippen molar-refractivity contribution in [3.63, 3.8) is 0 Å². The molecule has 4 nitrogen and oxygen atoms in total. The minimum atomic E-state index is 0.696. The minimum absolute atomic E-state index is 0.696. The molecule has 2 aromatic heterocycles. The molecule has 0 unspecified atom stereocenters. The molecule has 2 heterocycles. The second-order valence-electron chi connectivity index (χ2n) is 5.21. The molecule has 1 aliphatic carbocycles. The summed E-state index contributed by atoms with van der Waals surface area (Å²) in [6.45, 7) is 5.41. The number of nitrogens with zero attached hydrogens (tertiary/aromatic N) is 2. The fourth-order valence-corrected chi connectivity index (χ4v) is 2.26. The van der Waals surface area contributed by atoms with Gasteiger partial charge in [0.2, 0.25) is 0 Å². The molecule has 0 atom stereocenters. The second kappa shape index (κ2) is 5.02. The normalized spacial score (nSPS) is 15.1. The third kappa shape index (κ3) is 3.01. The summed E-state index contributed by atoms with van der Waals surface area (Å²) in [7, 11) is 0. The van der Waals surface area contributed by atoms with E-state index in [0.717, 1.165) is 29.3 Å². The van der Waals surface area contributed by atoms with Gasteiger partial charge in [-0.2, -0.15) is 5.10 Å². The molecule has 0 bridgehead atoms. The van der Waals surface area contributed by atoms with Crippen LogP contribution in [0, 0.1) is 13.8 Å². The third-order valence-electron chi connectivity index (χ3n) is 3.43. The van der Waals surface area contributed by atoms with Crippen LogP contribution in [0.3, 0.4) is 0 Å². The molecular weight excluding hydrogens is 262 g/mol. The third-order valence-corrected chi connectivity index (χ3v) is 3.80. The van der Waals surface area contributed by atoms with Gasteiger partial charge in [0.25, 0.3) is 0 Å². The predicted molar refractivity (Wildman–Crippen MR) is 74.4 cm³/mol. The van der Waals surface area contributed by atoms with E-state index < -0.39 is 0 Å². The first kappa shape index (κ1) is 12.8. The summed E-state index contributed by atoms with van der Waals surface area (Å²) >= 11 is 6.02. The molecule has 3 rings (SSSR count). The zero-order valence-electron chi connectivity index (χ0n) is 11.2. The Kier molecular flexibility index (Phi) is 3.37. The Hall–Kier alpha value is -1.26. The minimum Gasteiger partial charge on any atom is -0.465 e. The summed E-state index contributed by atoms with van der Waals surface area (Å²) in [5.74, 6) is 1.95. The molecule has 0 aromatic carbocycles. The van der Waals surface area contributed by atoms with Crippen LogP contribution in [0.5, 0.6) is 0 Å². The van der Waals surface area contributed by atoms with Crippen molar-refractivity contribution in [3.8, 4) is 0 Å². The Bertz CT molecular complexity index is 564. The molecule has 102 valence electrons. The highest BCUT2D eigenvalue weighted by Crippen LogP contribution is 2.21. The maximum Gasteiger partial charge on any atom is 0.118 e. The maximum atomic E-state index is 6.02. The van der Waals surface area contributed by atoms with Crippen molar-refractivity contribution in [2.24, 2.45) is 0 Å². The monoisotopic (exact) mass is 279 g/mol. The molecule has 0 aliphatic heterocycles. The van der Waals surface area contributed by atoms with Gasteiger partial charge >= 0.3 is 0 Å². The van der Waals surface area contributed by atoms with Gasteiger partial charge in [-0.05, 0) is 32.8 Å². The van der Waals surface area contributed by atoms with Crippen LogP contribution in [0.2, 0.25) is 5.02 Å². The van der Waals surface area contributed by atoms with Crippen LogP contribution >= 0.6 is 11.6 Å². The fourth-order valence-electron chi connectivity index (χ4n) is 2.11. The predicted octanol–water partition coefficient (Wildman–Crippen LogP) is 3.05. The Balaban J connectivity index is 1.69. The first-order valence-corrected chi connectivity index (χ1v) is 7.01. The largest absolute Gasteiger partial charge is 0.465 e. The van der Waals surface area contributed by atoms with Gasteiger partial charge in [-0.25, -0.2) is 0 Å². The molecular formula is C14H18ClN3O. The first-order valence-electron chi connectivity index (χ1n) is 6.63. The Labute approximate surface area is 117 Å². The van der Waals surface area contributed by atoms with Gasteiger partial charge in [-0.1, -0.05) is 11.6 Å². The Morgan fingerprint density at radius 1 is 1.47 bits per heavy atom. The molecule has 1 saturated carbocycles. The average Bonchev–Trinajstić information content (AvgIpc) is 3.05. The van der Waals surface area contributed by atoms with Crippen molar-refractivity contribution < 1.29 is 4.42 Å². The summed E-state index contributed by atoms with van der Waals surface area (Å²) in [5.41, 5.74) is 2.02. The van der Waals surface area contributed by atoms with E-state index in [4.69, 9.17) is 16.0 Å². The van der Waals surface area contributed by atoms with Crippen molar-refractivity contribution in [2.75, 3.05) is 0 Å². The molecule has 0 saturated heterocycles. The summed E-state index contributed by atoms with van der Waals surface area (Å²) in [5, 5.41) is 8.53. The van der Waals surface area contributed by atoms with Crippen LogP contribution in [0.15, 0.2) is 16.7 Å². The number of aryl methyl sites for hydroxylation is 2. The van der Waals surface area contributed by atoms with E-state index >= 15 is 0 Å². The van der Waals surface area contributed by atoms with Gasteiger partial charge < -0.3 is 9.73 Å². The topological polar surface area (TPSA) is 43.0 Å². The van der Waals surface area contributed by atoms with E-state index in [2.05, 4.69) is 16.5 Å². The summed E-state index contributed by atoms with van der Waals surface area (Å²) in [4.78, 5) is 0. The number of hydrogen-bond donors (Lipinski definition) is 1. The van der Waals surface area contributed by atoms with Crippen LogP contribution in [0.1, 0.15) is 35.6 Å². The number of nitrogens with one attached hydrogen (secondary N) is 1. The zero-order valence-corrected chi connectivity index (χ0v) is 12.0. The Morgan fingerprint density at radius 2 is 2.26 bits per heavy atom. The molecule has 2 aromatic rings. The number of furan rings is 1. The SMILES string of the molecule is Cc1nn(Cc2cc(CNC3CC3)oc2C)cc1Cl. The van der Waals surface area contributed by atoms with Gasteiger partial charge in [0.15, 0.2) is 0 Å². The van der Waals surface area contributed by atoms with Crippen LogP contribution in [-0.4, -0.2) is 15.8 Å². The van der Waals surface area contributed by atoms with Gasteiger partial charge in [0, 0.05) is 17.8 Å². The highest BCUT2D eigenvalue weighted by molar-refractivity contribution is 6.31. The van der Waals surface area contributed by atoms with Crippen molar-refractivity contribution in [1.29, 1.82) is 0 Å². The number of halogens is 1. The maximum absolute atomic E-state index is 6.02. The zero-order chi connectivity index (χ0) is 13.4. The van der Waals surface area contributed by atoms with Crippen LogP contribution in [0.25, 0.3) is 0 Å². The van der Waals surface area contributed by atoms with Crippen molar-refractivity contribution in [2.45, 2.75) is 45.8 Å². The molecule has 1 N–H and O–H groups in total. The van der Waals surface area contributed by atoms with Crippen molar-refractivity contribution in [3.05, 3.63) is 40.1 Å². The van der Waals surface area contributed by atoms with Crippen molar-refractivity contribution in [1.82, 2.24) is 15.1 Å². The van der Waals surface area contributed by atoms with Gasteiger partial charge in [-0.3, -0.25) is 4.68 Å². The second-order valence-corrected chi connectivity index (χ2v) is 5.62. The Morgan fingerprint density at radius 3 is 2.89 bits per heavy atom. The lowest BCUT2D eigenvalue weighted by Gasteiger charge is -1.98. The summed E-state index contributed by atoms with van der Waals surface area (Å²) in [6, 6.07) is 2.80. The quantitative estimate of drug-likeness (QED) is 0.915. The molecule has 1 aliphatic rings. The van der Waals surface area contributed by atoms with Crippen LogP contribution in [0.4, 0.5) is 0 Å². The molecule has 19 heavy (non-hydrogen) atoms. The summed E-state index contributed by atoms with van der Waals surface area (Å²) in [6.07, 6.45) is 4.43. The van der Waals surface area contributed by atoms with E-state index in [1.807, 2.05) is 24.7 Å². The van der Waals surface area contributed by atoms with E-state index in [1.54, 1.807) is 0 Å². The number of hydrogen-bond acceptors (Lipinski definition) is 3. The average molecular weight is 280 g/mol. The lowest BCUT2D eigenvalue weighted by Crippen LogP contribution is -2.14. The van der Waals surface area contributed by atoms with Gasteiger partial charge in [0.05, 0.1) is 23.8 Å². The van der Waals surface area contributed by atoms with Gasteiger partial charge in [0.1, 0.15) is 11.5 Å². The number of rotatable bonds is 5. The van der Waals surface area contributed by atoms with Gasteiger partial charge in [-0.15, -0.1) is 0 Å². The molecule has 1 fully saturated rings. The number of aromatic nitrogens is 2. The lowest BCUT2D eigenvalue weighted by molar-refractivity contribution is 0.458. The van der Waals surface area contributed by atoms with E-state index in [9.17, 15) is 0 Å². The fraction of sp³-hybridized carbons (Fsp3) is 0.500. The van der Waals surface area contributed by atoms with Crippen LogP contribution < -0.4 is 5.32 Å². The smallest absolute Gasteiger partial charge is 0.118 e. The lowest BCUT2D eigenvalue weighted by atomic mass is 10.2. The standard InChI is InChI=1S/C14H18ClN3O/c1-9-14(15)8-18(17-9)7-11-5-13(19-10(11)2)6-16-12-3-4-12/h5,8,12,16H,3-4,6-7H2,1-2H3. The molecule has 0 radical (unpaired) electrons. The van der Waals surface area contributed by atoms with Crippen molar-refractivity contribution >= 4 is 11.6 Å². The van der Waals surface area contributed by atoms with E-state index in [1.165, 1.54) is 12.8 Å².